The number of phenolic OH excluding ortho intramolecular Hbond substituents is 1. The monoisotopic (exact) mass is 253 g/mol. The van der Waals surface area contributed by atoms with Gasteiger partial charge < -0.3 is 5.11 Å². The molecule has 1 aliphatic heterocycles. The third-order valence-electron chi connectivity index (χ3n) is 2.93. The van der Waals surface area contributed by atoms with Crippen molar-refractivity contribution in [3.63, 3.8) is 0 Å². The van der Waals surface area contributed by atoms with Gasteiger partial charge in [0.05, 0.1) is 17.0 Å². The number of hydrogen-bond acceptors (Lipinski definition) is 4. The predicted octanol–water partition coefficient (Wildman–Crippen LogP) is 1.39. The number of para-hydroxylation sites is 1. The molecule has 17 heavy (non-hydrogen) atoms. The second-order valence-electron chi connectivity index (χ2n) is 4.66. The van der Waals surface area contributed by atoms with Crippen LogP contribution in [0, 0.1) is 0 Å². The molecular formula is C12H15NO3S. The quantitative estimate of drug-likeness (QED) is 0.810. The second kappa shape index (κ2) is 4.14. The van der Waals surface area contributed by atoms with Crippen molar-refractivity contribution in [3.8, 4) is 5.75 Å². The summed E-state index contributed by atoms with van der Waals surface area (Å²) in [6, 6.07) is 6.85. The molecule has 0 unspecified atom stereocenters. The Hall–Kier alpha value is -1.36. The van der Waals surface area contributed by atoms with Crippen LogP contribution in [0.4, 0.5) is 0 Å². The van der Waals surface area contributed by atoms with Crippen LogP contribution < -0.4 is 0 Å². The third kappa shape index (κ3) is 2.85. The van der Waals surface area contributed by atoms with Crippen molar-refractivity contribution in [1.29, 1.82) is 0 Å². The summed E-state index contributed by atoms with van der Waals surface area (Å²) in [5.74, 6) is 0.437. The van der Waals surface area contributed by atoms with Crippen LogP contribution in [-0.2, 0) is 9.84 Å². The number of aromatic hydroxyl groups is 1. The zero-order chi connectivity index (χ0) is 12.5. The first-order valence-electron chi connectivity index (χ1n) is 5.44. The average molecular weight is 253 g/mol. The molecule has 0 spiro atoms. The average Bonchev–Trinajstić information content (AvgIpc) is 2.53. The minimum Gasteiger partial charge on any atom is -0.507 e. The molecule has 1 N–H and O–H groups in total. The maximum absolute atomic E-state index is 11.4. The highest BCUT2D eigenvalue weighted by atomic mass is 32.2. The number of aliphatic imine (C=N–C) groups is 1. The first kappa shape index (κ1) is 12.1. The van der Waals surface area contributed by atoms with Crippen LogP contribution in [0.1, 0.15) is 18.9 Å². The minimum absolute atomic E-state index is 0.0874. The van der Waals surface area contributed by atoms with Crippen LogP contribution in [0.2, 0.25) is 0 Å². The molecule has 1 saturated heterocycles. The van der Waals surface area contributed by atoms with E-state index >= 15 is 0 Å². The molecule has 1 aromatic carbocycles. The fourth-order valence-corrected chi connectivity index (χ4v) is 3.98. The summed E-state index contributed by atoms with van der Waals surface area (Å²) in [5.41, 5.74) is 0.0548. The Morgan fingerprint density at radius 2 is 2.12 bits per heavy atom. The Kier molecular flexibility index (Phi) is 2.95. The first-order chi connectivity index (χ1) is 7.90. The van der Waals surface area contributed by atoms with Crippen molar-refractivity contribution in [2.75, 3.05) is 11.5 Å². The molecule has 1 heterocycles. The van der Waals surface area contributed by atoms with Gasteiger partial charge in [0.1, 0.15) is 5.75 Å². The summed E-state index contributed by atoms with van der Waals surface area (Å²) < 4.78 is 22.8. The molecule has 0 radical (unpaired) electrons. The molecule has 0 aromatic heterocycles. The maximum atomic E-state index is 11.4. The smallest absolute Gasteiger partial charge is 0.152 e. The van der Waals surface area contributed by atoms with E-state index in [9.17, 15) is 13.5 Å². The van der Waals surface area contributed by atoms with Gasteiger partial charge in [0.2, 0.25) is 0 Å². The lowest BCUT2D eigenvalue weighted by atomic mass is 10.0. The van der Waals surface area contributed by atoms with E-state index in [0.717, 1.165) is 0 Å². The van der Waals surface area contributed by atoms with Gasteiger partial charge in [0, 0.05) is 11.8 Å². The van der Waals surface area contributed by atoms with E-state index < -0.39 is 15.4 Å². The normalized spacial score (nSPS) is 27.6. The van der Waals surface area contributed by atoms with Crippen LogP contribution in [0.15, 0.2) is 29.3 Å². The van der Waals surface area contributed by atoms with Gasteiger partial charge in [-0.1, -0.05) is 12.1 Å². The lowest BCUT2D eigenvalue weighted by Crippen LogP contribution is -2.23. The molecule has 0 bridgehead atoms. The van der Waals surface area contributed by atoms with Gasteiger partial charge in [-0.15, -0.1) is 0 Å². The summed E-state index contributed by atoms with van der Waals surface area (Å²) in [5, 5.41) is 9.56. The molecule has 1 aliphatic rings. The van der Waals surface area contributed by atoms with Crippen LogP contribution in [-0.4, -0.2) is 36.8 Å². The fourth-order valence-electron chi connectivity index (χ4n) is 1.92. The lowest BCUT2D eigenvalue weighted by molar-refractivity contribution is 0.474. The predicted molar refractivity (Wildman–Crippen MR) is 67.4 cm³/mol. The molecule has 1 fully saturated rings. The number of hydrogen-bond donors (Lipinski definition) is 1. The highest BCUT2D eigenvalue weighted by Gasteiger charge is 2.37. The Morgan fingerprint density at radius 1 is 1.41 bits per heavy atom. The molecule has 1 aromatic rings. The summed E-state index contributed by atoms with van der Waals surface area (Å²) in [6.45, 7) is 1.83. The summed E-state index contributed by atoms with van der Waals surface area (Å²) in [4.78, 5) is 4.32. The molecule has 0 amide bonds. The Morgan fingerprint density at radius 3 is 2.71 bits per heavy atom. The van der Waals surface area contributed by atoms with E-state index in [2.05, 4.69) is 4.99 Å². The summed E-state index contributed by atoms with van der Waals surface area (Å²) >= 11 is 0. The summed E-state index contributed by atoms with van der Waals surface area (Å²) in [7, 11) is -2.94. The number of nitrogens with zero attached hydrogens (tertiary/aromatic N) is 1. The SMILES string of the molecule is C[C@]1(N=Cc2ccccc2O)CCS(=O)(=O)C1. The van der Waals surface area contributed by atoms with Crippen LogP contribution in [0.25, 0.3) is 0 Å². The zero-order valence-corrected chi connectivity index (χ0v) is 10.4. The summed E-state index contributed by atoms with van der Waals surface area (Å²) in [6.07, 6.45) is 2.09. The van der Waals surface area contributed by atoms with Gasteiger partial charge in [-0.3, -0.25) is 4.99 Å². The number of rotatable bonds is 2. The molecular weight excluding hydrogens is 238 g/mol. The van der Waals surface area contributed by atoms with Crippen molar-refractivity contribution in [1.82, 2.24) is 0 Å². The molecule has 1 atom stereocenters. The van der Waals surface area contributed by atoms with Crippen LogP contribution in [0.5, 0.6) is 5.75 Å². The van der Waals surface area contributed by atoms with Crippen LogP contribution >= 0.6 is 0 Å². The number of phenols is 1. The van der Waals surface area contributed by atoms with Gasteiger partial charge >= 0.3 is 0 Å². The van der Waals surface area contributed by atoms with E-state index in [1.807, 2.05) is 6.92 Å². The van der Waals surface area contributed by atoms with Crippen molar-refractivity contribution in [2.24, 2.45) is 4.99 Å². The van der Waals surface area contributed by atoms with Crippen molar-refractivity contribution in [2.45, 2.75) is 18.9 Å². The van der Waals surface area contributed by atoms with Gasteiger partial charge in [-0.2, -0.15) is 0 Å². The Labute approximate surface area is 101 Å². The van der Waals surface area contributed by atoms with Crippen molar-refractivity contribution >= 4 is 16.1 Å². The van der Waals surface area contributed by atoms with Gasteiger partial charge in [-0.05, 0) is 25.5 Å². The Bertz CT molecular complexity index is 551. The molecule has 92 valence electrons. The van der Waals surface area contributed by atoms with E-state index in [-0.39, 0.29) is 17.3 Å². The van der Waals surface area contributed by atoms with E-state index in [1.54, 1.807) is 30.5 Å². The topological polar surface area (TPSA) is 66.7 Å². The number of benzene rings is 1. The minimum atomic E-state index is -2.94. The van der Waals surface area contributed by atoms with Gasteiger partial charge in [0.25, 0.3) is 0 Å². The fraction of sp³-hybridized carbons (Fsp3) is 0.417. The molecule has 0 saturated carbocycles. The van der Waals surface area contributed by atoms with E-state index in [0.29, 0.717) is 12.0 Å². The molecule has 2 rings (SSSR count). The highest BCUT2D eigenvalue weighted by molar-refractivity contribution is 7.91. The molecule has 4 nitrogen and oxygen atoms in total. The van der Waals surface area contributed by atoms with Gasteiger partial charge in [-0.25, -0.2) is 8.42 Å². The second-order valence-corrected chi connectivity index (χ2v) is 6.84. The third-order valence-corrected chi connectivity index (χ3v) is 4.82. The van der Waals surface area contributed by atoms with Crippen molar-refractivity contribution < 1.29 is 13.5 Å². The molecule has 0 aliphatic carbocycles. The zero-order valence-electron chi connectivity index (χ0n) is 9.63. The largest absolute Gasteiger partial charge is 0.507 e. The lowest BCUT2D eigenvalue weighted by Gasteiger charge is -2.15. The Balaban J connectivity index is 2.20. The first-order valence-corrected chi connectivity index (χ1v) is 7.26. The standard InChI is InChI=1S/C12H15NO3S/c1-12(6-7-17(15,16)9-12)13-8-10-4-2-3-5-11(10)14/h2-5,8,14H,6-7,9H2,1H3/t12-/m0/s1. The maximum Gasteiger partial charge on any atom is 0.152 e. The van der Waals surface area contributed by atoms with Crippen molar-refractivity contribution in [3.05, 3.63) is 29.8 Å². The number of sulfone groups is 1. The van der Waals surface area contributed by atoms with E-state index in [4.69, 9.17) is 0 Å². The van der Waals surface area contributed by atoms with Crippen LogP contribution in [0.3, 0.4) is 0 Å². The molecule has 5 heteroatoms. The highest BCUT2D eigenvalue weighted by Crippen LogP contribution is 2.27. The van der Waals surface area contributed by atoms with E-state index in [1.165, 1.54) is 0 Å². The van der Waals surface area contributed by atoms with Gasteiger partial charge in [0.15, 0.2) is 9.84 Å².